The van der Waals surface area contributed by atoms with Crippen LogP contribution < -0.4 is 11.2 Å². The third kappa shape index (κ3) is 3.03. The first kappa shape index (κ1) is 16.9. The standard InChI is InChI=1S/C19H23N5O2/c1-12-10-14-15(11-13(12)2)24(9-8-23-6-4-3-5-7-23)17-16(20-14)18(25)22-19(26)21-17/h10-11H,3-9H2,1-2H3,(H,22,25,26). The fourth-order valence-corrected chi connectivity index (χ4v) is 3.70. The molecule has 3 aliphatic heterocycles. The number of H-pyrrole nitrogens is 1. The number of hydrogen-bond donors (Lipinski definition) is 1. The molecule has 0 unspecified atom stereocenters. The average molecular weight is 353 g/mol. The minimum Gasteiger partial charge on any atom is -0.321 e. The van der Waals surface area contributed by atoms with Crippen LogP contribution in [-0.2, 0) is 6.54 Å². The van der Waals surface area contributed by atoms with Crippen molar-refractivity contribution in [1.29, 1.82) is 0 Å². The third-order valence-electron chi connectivity index (χ3n) is 5.31. The minimum absolute atomic E-state index is 0.221. The van der Waals surface area contributed by atoms with Crippen molar-refractivity contribution in [3.05, 3.63) is 44.1 Å². The molecular weight excluding hydrogens is 330 g/mol. The van der Waals surface area contributed by atoms with Crippen molar-refractivity contribution >= 4 is 11.0 Å². The van der Waals surface area contributed by atoms with Crippen molar-refractivity contribution < 1.29 is 0 Å². The Balaban J connectivity index is 1.89. The number of aryl methyl sites for hydroxylation is 2. The lowest BCUT2D eigenvalue weighted by atomic mass is 10.1. The van der Waals surface area contributed by atoms with Crippen LogP contribution in [0.15, 0.2) is 21.7 Å². The largest absolute Gasteiger partial charge is 0.349 e. The van der Waals surface area contributed by atoms with Crippen LogP contribution in [0.5, 0.6) is 0 Å². The van der Waals surface area contributed by atoms with Gasteiger partial charge in [0.25, 0.3) is 5.56 Å². The molecule has 1 aromatic rings. The van der Waals surface area contributed by atoms with Gasteiger partial charge < -0.3 is 9.47 Å². The molecule has 0 radical (unpaired) electrons. The number of nitrogens with one attached hydrogen (secondary N) is 1. The van der Waals surface area contributed by atoms with E-state index in [0.717, 1.165) is 41.8 Å². The summed E-state index contributed by atoms with van der Waals surface area (Å²) in [5, 5.41) is 0. The molecule has 7 nitrogen and oxygen atoms in total. The van der Waals surface area contributed by atoms with E-state index in [1.807, 2.05) is 17.6 Å². The van der Waals surface area contributed by atoms with E-state index in [-0.39, 0.29) is 5.69 Å². The minimum atomic E-state index is -0.626. The van der Waals surface area contributed by atoms with Crippen LogP contribution in [0.2, 0.25) is 0 Å². The van der Waals surface area contributed by atoms with Crippen LogP contribution in [-0.4, -0.2) is 44.1 Å². The van der Waals surface area contributed by atoms with Gasteiger partial charge in [0.15, 0.2) is 11.5 Å². The predicted octanol–water partition coefficient (Wildman–Crippen LogP) is 1.69. The summed E-state index contributed by atoms with van der Waals surface area (Å²) in [6, 6.07) is 4.06. The second-order valence-electron chi connectivity index (χ2n) is 7.13. The summed E-state index contributed by atoms with van der Waals surface area (Å²) in [7, 11) is 0. The van der Waals surface area contributed by atoms with E-state index >= 15 is 0 Å². The molecule has 1 fully saturated rings. The molecule has 1 N–H and O–H groups in total. The highest BCUT2D eigenvalue weighted by Crippen LogP contribution is 2.24. The number of aromatic amines is 1. The molecule has 0 spiro atoms. The zero-order valence-electron chi connectivity index (χ0n) is 15.2. The first-order chi connectivity index (χ1) is 12.5. The second kappa shape index (κ2) is 6.64. The monoisotopic (exact) mass is 353 g/mol. The van der Waals surface area contributed by atoms with Crippen LogP contribution in [0.4, 0.5) is 0 Å². The van der Waals surface area contributed by atoms with E-state index < -0.39 is 11.2 Å². The van der Waals surface area contributed by atoms with Gasteiger partial charge in [0.05, 0.1) is 11.0 Å². The van der Waals surface area contributed by atoms with Gasteiger partial charge in [0, 0.05) is 13.1 Å². The number of likely N-dealkylation sites (tertiary alicyclic amines) is 1. The fraction of sp³-hybridized carbons (Fsp3) is 0.474. The quantitative estimate of drug-likeness (QED) is 0.725. The Hall–Kier alpha value is -2.54. The summed E-state index contributed by atoms with van der Waals surface area (Å²) in [5.41, 5.74) is 3.06. The molecule has 26 heavy (non-hydrogen) atoms. The molecule has 3 aliphatic rings. The summed E-state index contributed by atoms with van der Waals surface area (Å²) in [6.45, 7) is 7.82. The maximum atomic E-state index is 12.3. The van der Waals surface area contributed by atoms with Crippen LogP contribution >= 0.6 is 0 Å². The zero-order chi connectivity index (χ0) is 18.3. The van der Waals surface area contributed by atoms with E-state index in [9.17, 15) is 9.59 Å². The molecule has 1 aromatic carbocycles. The van der Waals surface area contributed by atoms with Crippen LogP contribution in [0.25, 0.3) is 22.6 Å². The van der Waals surface area contributed by atoms with Crippen LogP contribution in [0.3, 0.4) is 0 Å². The molecular formula is C19H23N5O2. The van der Waals surface area contributed by atoms with Crippen LogP contribution in [0.1, 0.15) is 30.4 Å². The Kier molecular flexibility index (Phi) is 4.32. The van der Waals surface area contributed by atoms with E-state index in [4.69, 9.17) is 0 Å². The van der Waals surface area contributed by atoms with Crippen molar-refractivity contribution in [2.45, 2.75) is 39.7 Å². The number of aromatic nitrogens is 4. The lowest BCUT2D eigenvalue weighted by Crippen LogP contribution is -2.34. The summed E-state index contributed by atoms with van der Waals surface area (Å²) in [5.74, 6) is 0.367. The molecule has 0 aromatic heterocycles. The highest BCUT2D eigenvalue weighted by Gasteiger charge is 2.20. The first-order valence-corrected chi connectivity index (χ1v) is 9.17. The van der Waals surface area contributed by atoms with Gasteiger partial charge >= 0.3 is 5.69 Å². The van der Waals surface area contributed by atoms with Crippen molar-refractivity contribution in [3.63, 3.8) is 0 Å². The summed E-state index contributed by atoms with van der Waals surface area (Å²) in [4.78, 5) is 37.3. The summed E-state index contributed by atoms with van der Waals surface area (Å²) in [6.07, 6.45) is 3.74. The first-order valence-electron chi connectivity index (χ1n) is 9.17. The van der Waals surface area contributed by atoms with Crippen molar-refractivity contribution in [1.82, 2.24) is 24.4 Å². The fourth-order valence-electron chi connectivity index (χ4n) is 3.70. The Morgan fingerprint density at radius 2 is 1.73 bits per heavy atom. The van der Waals surface area contributed by atoms with Gasteiger partial charge in [-0.1, -0.05) is 6.42 Å². The molecule has 3 heterocycles. The molecule has 0 bridgehead atoms. The molecule has 0 aliphatic carbocycles. The highest BCUT2D eigenvalue weighted by molar-refractivity contribution is 5.81. The number of piperidine rings is 1. The number of nitrogens with zero attached hydrogens (tertiary/aromatic N) is 4. The van der Waals surface area contributed by atoms with E-state index in [2.05, 4.69) is 32.8 Å². The van der Waals surface area contributed by atoms with Crippen molar-refractivity contribution in [2.24, 2.45) is 0 Å². The number of fused-ring (bicyclic) bond motifs is 2. The zero-order valence-corrected chi connectivity index (χ0v) is 15.2. The summed E-state index contributed by atoms with van der Waals surface area (Å²) >= 11 is 0. The molecule has 0 amide bonds. The van der Waals surface area contributed by atoms with Gasteiger partial charge in [-0.25, -0.2) is 9.78 Å². The molecule has 1 saturated heterocycles. The smallest absolute Gasteiger partial charge is 0.321 e. The van der Waals surface area contributed by atoms with Crippen molar-refractivity contribution in [3.8, 4) is 11.5 Å². The van der Waals surface area contributed by atoms with Gasteiger partial charge in [-0.15, -0.1) is 0 Å². The van der Waals surface area contributed by atoms with Gasteiger partial charge in [-0.05, 0) is 63.0 Å². The highest BCUT2D eigenvalue weighted by atomic mass is 16.2. The van der Waals surface area contributed by atoms with E-state index in [0.29, 0.717) is 12.4 Å². The van der Waals surface area contributed by atoms with E-state index in [1.165, 1.54) is 19.3 Å². The Morgan fingerprint density at radius 3 is 2.50 bits per heavy atom. The average Bonchev–Trinajstić information content (AvgIpc) is 2.62. The molecule has 0 atom stereocenters. The number of benzene rings is 1. The van der Waals surface area contributed by atoms with E-state index in [1.54, 1.807) is 0 Å². The number of hydrogen-bond acceptors (Lipinski definition) is 5. The Bertz CT molecular complexity index is 1050. The summed E-state index contributed by atoms with van der Waals surface area (Å²) < 4.78 is 1.98. The Labute approximate surface area is 151 Å². The van der Waals surface area contributed by atoms with Crippen molar-refractivity contribution in [2.75, 3.05) is 19.6 Å². The Morgan fingerprint density at radius 1 is 1.00 bits per heavy atom. The van der Waals surface area contributed by atoms with Gasteiger partial charge in [0.2, 0.25) is 0 Å². The molecule has 7 heteroatoms. The second-order valence-corrected chi connectivity index (χ2v) is 7.13. The van der Waals surface area contributed by atoms with Gasteiger partial charge in [-0.2, -0.15) is 4.98 Å². The predicted molar refractivity (Wildman–Crippen MR) is 101 cm³/mol. The van der Waals surface area contributed by atoms with Gasteiger partial charge in [0.1, 0.15) is 0 Å². The van der Waals surface area contributed by atoms with Gasteiger partial charge in [-0.3, -0.25) is 9.78 Å². The third-order valence-corrected chi connectivity index (χ3v) is 5.31. The number of rotatable bonds is 3. The molecule has 4 rings (SSSR count). The normalized spacial score (nSPS) is 15.8. The molecule has 0 saturated carbocycles. The lowest BCUT2D eigenvalue weighted by Gasteiger charge is -2.27. The molecule has 136 valence electrons. The maximum absolute atomic E-state index is 12.3. The van der Waals surface area contributed by atoms with Crippen LogP contribution in [0, 0.1) is 13.8 Å². The topological polar surface area (TPSA) is 83.9 Å². The SMILES string of the molecule is Cc1cc2nc3c(=O)[nH]c(=O)nc-3n(CCN3CCCCC3)c2cc1C. The maximum Gasteiger partial charge on any atom is 0.349 e. The lowest BCUT2D eigenvalue weighted by molar-refractivity contribution is 0.221.